The molecule has 2 saturated heterocycles. The molecule has 2 N–H and O–H groups in total. The molecule has 1 unspecified atom stereocenters. The minimum atomic E-state index is -2.49. The average molecular weight is 854 g/mol. The number of piperazine rings is 1. The third-order valence-corrected chi connectivity index (χ3v) is 13.2. The van der Waals surface area contributed by atoms with Gasteiger partial charge < -0.3 is 24.4 Å². The van der Waals surface area contributed by atoms with Crippen molar-refractivity contribution in [1.29, 1.82) is 0 Å². The van der Waals surface area contributed by atoms with Gasteiger partial charge in [0, 0.05) is 92.9 Å². The molecular formula is C44H49ClN7O7P. The number of rotatable bonds is 15. The molecule has 0 spiro atoms. The summed E-state index contributed by atoms with van der Waals surface area (Å²) in [5, 5.41) is 6.77. The maximum Gasteiger partial charge on any atom is 0.264 e. The van der Waals surface area contributed by atoms with E-state index in [0.717, 1.165) is 52.0 Å². The minimum absolute atomic E-state index is 0.0627. The van der Waals surface area contributed by atoms with Gasteiger partial charge in [-0.1, -0.05) is 54.4 Å². The molecule has 314 valence electrons. The fourth-order valence-electron chi connectivity index (χ4n) is 8.10. The number of halogens is 1. The molecule has 3 aromatic carbocycles. The number of fused-ring (bicyclic) bond motifs is 1. The highest BCUT2D eigenvalue weighted by atomic mass is 35.5. The summed E-state index contributed by atoms with van der Waals surface area (Å²) in [6.07, 6.45) is 5.38. The van der Waals surface area contributed by atoms with Gasteiger partial charge in [0.15, 0.2) is 0 Å². The Kier molecular flexibility index (Phi) is 13.0. The van der Waals surface area contributed by atoms with E-state index in [1.807, 2.05) is 41.3 Å². The normalized spacial score (nSPS) is 16.9. The summed E-state index contributed by atoms with van der Waals surface area (Å²) < 4.78 is 18.7. The van der Waals surface area contributed by atoms with E-state index in [2.05, 4.69) is 26.6 Å². The topological polar surface area (TPSA) is 171 Å². The number of nitrogens with one attached hydrogen (secondary N) is 2. The zero-order chi connectivity index (χ0) is 42.6. The number of benzene rings is 3. The van der Waals surface area contributed by atoms with Crippen LogP contribution in [0.25, 0.3) is 0 Å². The molecule has 0 aliphatic carbocycles. The maximum atomic E-state index is 13.3. The lowest BCUT2D eigenvalue weighted by molar-refractivity contribution is -0.136. The number of piperidine rings is 1. The Labute approximate surface area is 354 Å². The van der Waals surface area contributed by atoms with E-state index in [9.17, 15) is 28.5 Å². The summed E-state index contributed by atoms with van der Waals surface area (Å²) in [6, 6.07) is 17.8. The maximum absolute atomic E-state index is 13.3. The smallest absolute Gasteiger partial charge is 0.264 e. The Balaban J connectivity index is 0.860. The Bertz CT molecular complexity index is 2380. The number of nitrogens with zero attached hydrogens (tertiary/aromatic N) is 5. The van der Waals surface area contributed by atoms with E-state index in [1.54, 1.807) is 44.8 Å². The molecular weight excluding hydrogens is 805 g/mol. The third kappa shape index (κ3) is 9.40. The number of ether oxygens (including phenoxy) is 1. The van der Waals surface area contributed by atoms with Crippen LogP contribution in [0.2, 0.25) is 5.02 Å². The fraction of sp³-hybridized carbons (Fsp3) is 0.386. The number of carbonyl (C=O) groups is 5. The van der Waals surface area contributed by atoms with Gasteiger partial charge in [-0.3, -0.25) is 34.2 Å². The molecule has 4 heterocycles. The molecule has 4 aromatic rings. The van der Waals surface area contributed by atoms with Crippen LogP contribution in [0.5, 0.6) is 5.75 Å². The van der Waals surface area contributed by atoms with Crippen LogP contribution in [-0.4, -0.2) is 109 Å². The van der Waals surface area contributed by atoms with Gasteiger partial charge in [-0.25, -0.2) is 9.97 Å². The molecule has 5 amide bonds. The highest BCUT2D eigenvalue weighted by molar-refractivity contribution is 7.70. The van der Waals surface area contributed by atoms with Crippen molar-refractivity contribution >= 4 is 65.0 Å². The van der Waals surface area contributed by atoms with Crippen LogP contribution in [0.15, 0.2) is 66.9 Å². The van der Waals surface area contributed by atoms with Crippen LogP contribution in [0.3, 0.4) is 0 Å². The van der Waals surface area contributed by atoms with E-state index < -0.39 is 36.8 Å². The lowest BCUT2D eigenvalue weighted by atomic mass is 10.0. The summed E-state index contributed by atoms with van der Waals surface area (Å²) in [5.41, 5.74) is 4.53. The number of anilines is 2. The molecule has 2 fully saturated rings. The first kappa shape index (κ1) is 42.5. The first-order valence-electron chi connectivity index (χ1n) is 20.2. The van der Waals surface area contributed by atoms with E-state index in [4.69, 9.17) is 21.3 Å². The van der Waals surface area contributed by atoms with Gasteiger partial charge in [0.25, 0.3) is 11.8 Å². The van der Waals surface area contributed by atoms with E-state index >= 15 is 0 Å². The summed E-state index contributed by atoms with van der Waals surface area (Å²) in [5.74, 6) is -0.698. The predicted octanol–water partition coefficient (Wildman–Crippen LogP) is 5.29. The second-order valence-corrected chi connectivity index (χ2v) is 19.3. The Morgan fingerprint density at radius 3 is 2.47 bits per heavy atom. The van der Waals surface area contributed by atoms with E-state index in [0.29, 0.717) is 74.2 Å². The monoisotopic (exact) mass is 853 g/mol. The zero-order valence-electron chi connectivity index (χ0n) is 34.0. The number of hydrogen-bond donors (Lipinski definition) is 2. The number of methoxy groups -OCH3 is 1. The largest absolute Gasteiger partial charge is 0.496 e. The highest BCUT2D eigenvalue weighted by Gasteiger charge is 2.45. The summed E-state index contributed by atoms with van der Waals surface area (Å²) in [4.78, 5) is 78.1. The van der Waals surface area contributed by atoms with Gasteiger partial charge in [-0.05, 0) is 56.4 Å². The second-order valence-electron chi connectivity index (χ2n) is 15.7. The average Bonchev–Trinajstić information content (AvgIpc) is 3.49. The first-order valence-corrected chi connectivity index (χ1v) is 23.2. The Morgan fingerprint density at radius 2 is 1.72 bits per heavy atom. The Hall–Kier alpha value is -5.59. The van der Waals surface area contributed by atoms with Gasteiger partial charge in [0.05, 0.1) is 29.0 Å². The van der Waals surface area contributed by atoms with Crippen molar-refractivity contribution in [2.24, 2.45) is 0 Å². The van der Waals surface area contributed by atoms with Crippen LogP contribution in [0.4, 0.5) is 11.4 Å². The van der Waals surface area contributed by atoms with Crippen molar-refractivity contribution in [3.05, 3.63) is 106 Å². The number of hydrogen-bond acceptors (Lipinski definition) is 11. The van der Waals surface area contributed by atoms with Crippen LogP contribution in [0.1, 0.15) is 81.9 Å². The number of imide groups is 2. The molecule has 3 aliphatic heterocycles. The minimum Gasteiger partial charge on any atom is -0.496 e. The predicted molar refractivity (Wildman–Crippen MR) is 230 cm³/mol. The van der Waals surface area contributed by atoms with Crippen molar-refractivity contribution in [2.45, 2.75) is 57.4 Å². The van der Waals surface area contributed by atoms with E-state index in [-0.39, 0.29) is 29.9 Å². The second kappa shape index (κ2) is 18.4. The Morgan fingerprint density at radius 1 is 0.933 bits per heavy atom. The summed E-state index contributed by atoms with van der Waals surface area (Å²) in [7, 11) is -0.851. The van der Waals surface area contributed by atoms with Crippen LogP contribution in [-0.2, 0) is 31.8 Å². The number of unbranched alkanes of at least 4 members (excludes halogenated alkanes) is 2. The lowest BCUT2D eigenvalue weighted by Crippen LogP contribution is -2.54. The van der Waals surface area contributed by atoms with Gasteiger partial charge in [-0.2, -0.15) is 0 Å². The van der Waals surface area contributed by atoms with Gasteiger partial charge >= 0.3 is 0 Å². The summed E-state index contributed by atoms with van der Waals surface area (Å²) >= 11 is 6.54. The van der Waals surface area contributed by atoms with Gasteiger partial charge in [0.2, 0.25) is 17.7 Å². The molecule has 0 radical (unpaired) electrons. The molecule has 7 rings (SSSR count). The molecule has 1 aromatic heterocycles. The molecule has 14 nitrogen and oxygen atoms in total. The summed E-state index contributed by atoms with van der Waals surface area (Å²) in [6.45, 7) is 6.67. The molecule has 60 heavy (non-hydrogen) atoms. The number of amides is 5. The number of carbonyl (C=O) groups excluding carboxylic acids is 5. The van der Waals surface area contributed by atoms with Crippen LogP contribution < -0.4 is 25.6 Å². The van der Waals surface area contributed by atoms with Crippen molar-refractivity contribution in [3.8, 4) is 5.75 Å². The highest BCUT2D eigenvalue weighted by Crippen LogP contribution is 2.37. The lowest BCUT2D eigenvalue weighted by Gasteiger charge is -2.36. The molecule has 1 atom stereocenters. The molecule has 16 heteroatoms. The van der Waals surface area contributed by atoms with E-state index in [1.165, 1.54) is 0 Å². The van der Waals surface area contributed by atoms with Crippen molar-refractivity contribution in [3.63, 3.8) is 0 Å². The van der Waals surface area contributed by atoms with Gasteiger partial charge in [-0.15, -0.1) is 0 Å². The van der Waals surface area contributed by atoms with Crippen LogP contribution >= 0.6 is 18.7 Å². The molecule has 0 saturated carbocycles. The molecule has 3 aliphatic rings. The number of aromatic nitrogens is 2. The van der Waals surface area contributed by atoms with Gasteiger partial charge in [0.1, 0.15) is 24.8 Å². The first-order chi connectivity index (χ1) is 28.8. The third-order valence-electron chi connectivity index (χ3n) is 11.3. The molecule has 0 bridgehead atoms. The fourth-order valence-corrected chi connectivity index (χ4v) is 9.55. The van der Waals surface area contributed by atoms with Crippen molar-refractivity contribution in [1.82, 2.24) is 25.1 Å². The van der Waals surface area contributed by atoms with Crippen LogP contribution in [0, 0.1) is 0 Å². The quantitative estimate of drug-likeness (QED) is 0.0905. The van der Waals surface area contributed by atoms with Crippen molar-refractivity contribution < 1.29 is 33.3 Å². The standard InChI is InChI=1S/C44H49ClN7O7P/c1-59-36-26-30(16-15-28(36)25-38-47-27-32(45)34(48-38)24-29-10-6-7-13-37(29)60(2,3)58)50-20-22-51(23-21-50)40(54)14-5-4-8-19-46-33-12-9-11-31-41(33)44(57)52(43(31)56)35-17-18-39(53)49-42(35)55/h6-7,9-13,15-16,26-27,35,46H,4-5,8,14,17-25H2,1-3H3,(H,49,53,55). The zero-order valence-corrected chi connectivity index (χ0v) is 35.7. The SMILES string of the molecule is COc1cc(N2CCN(C(=O)CCCCCNc3cccc4c3C(=O)N(C3CCC(=O)NC3=O)C4=O)CC2)ccc1Cc1ncc(Cl)c(Cc2ccccc2P(C)(C)=O)n1. The van der Waals surface area contributed by atoms with Crippen molar-refractivity contribution in [2.75, 3.05) is 63.4 Å².